The Labute approximate surface area is 169 Å². The Kier molecular flexibility index (Phi) is 7.36. The number of anilines is 1. The molecular weight excluding hydrogens is 352 g/mol. The van der Waals surface area contributed by atoms with Crippen LogP contribution < -0.4 is 10.1 Å². The predicted molar refractivity (Wildman–Crippen MR) is 113 cm³/mol. The smallest absolute Gasteiger partial charge is 0.256 e. The Morgan fingerprint density at radius 2 is 1.96 bits per heavy atom. The van der Waals surface area contributed by atoms with Crippen molar-refractivity contribution in [2.45, 2.75) is 70.4 Å². The van der Waals surface area contributed by atoms with Crippen molar-refractivity contribution in [3.63, 3.8) is 0 Å². The number of piperidine rings is 1. The number of methoxy groups -OCH3 is 1. The van der Waals surface area contributed by atoms with Crippen LogP contribution in [0.3, 0.4) is 0 Å². The molecule has 2 fully saturated rings. The molecule has 0 spiro atoms. The third-order valence-corrected chi connectivity index (χ3v) is 6.46. The van der Waals surface area contributed by atoms with Gasteiger partial charge in [0.1, 0.15) is 18.0 Å². The third kappa shape index (κ3) is 5.26. The number of amides is 1. The number of benzene rings is 1. The van der Waals surface area contributed by atoms with Crippen LogP contribution in [0.25, 0.3) is 0 Å². The molecule has 1 aromatic rings. The first-order valence-electron chi connectivity index (χ1n) is 10.9. The Morgan fingerprint density at radius 1 is 1.18 bits per heavy atom. The average Bonchev–Trinajstić information content (AvgIpc) is 2.70. The van der Waals surface area contributed by atoms with Gasteiger partial charge in [-0.05, 0) is 75.8 Å². The lowest BCUT2D eigenvalue weighted by molar-refractivity contribution is -0.143. The summed E-state index contributed by atoms with van der Waals surface area (Å²) < 4.78 is 11.6. The van der Waals surface area contributed by atoms with Gasteiger partial charge in [0, 0.05) is 25.4 Å². The largest absolute Gasteiger partial charge is 0.492 e. The summed E-state index contributed by atoms with van der Waals surface area (Å²) in [5.41, 5.74) is 0.0921. The van der Waals surface area contributed by atoms with E-state index in [9.17, 15) is 4.79 Å². The van der Waals surface area contributed by atoms with Crippen LogP contribution >= 0.6 is 0 Å². The second-order valence-electron chi connectivity index (χ2n) is 8.61. The first-order valence-corrected chi connectivity index (χ1v) is 10.9. The summed E-state index contributed by atoms with van der Waals surface area (Å²) in [6.07, 6.45) is 7.69. The lowest BCUT2D eigenvalue weighted by Gasteiger charge is -2.37. The first kappa shape index (κ1) is 21.1. The first-order chi connectivity index (χ1) is 13.5. The summed E-state index contributed by atoms with van der Waals surface area (Å²) in [5, 5.41) is 3.04. The van der Waals surface area contributed by atoms with E-state index in [-0.39, 0.29) is 5.91 Å². The maximum absolute atomic E-state index is 12.9. The highest BCUT2D eigenvalue weighted by Crippen LogP contribution is 2.35. The van der Waals surface area contributed by atoms with Gasteiger partial charge in [-0.1, -0.05) is 19.8 Å². The molecule has 0 unspecified atom stereocenters. The van der Waals surface area contributed by atoms with Gasteiger partial charge < -0.3 is 14.8 Å². The normalized spacial score (nSPS) is 28.7. The Hall–Kier alpha value is -1.59. The van der Waals surface area contributed by atoms with Crippen LogP contribution in [-0.2, 0) is 9.53 Å². The van der Waals surface area contributed by atoms with Crippen molar-refractivity contribution in [1.82, 2.24) is 4.90 Å². The van der Waals surface area contributed by atoms with Crippen molar-refractivity contribution >= 4 is 11.6 Å². The number of nitrogens with zero attached hydrogens (tertiary/aromatic N) is 1. The maximum atomic E-state index is 12.9. The van der Waals surface area contributed by atoms with Gasteiger partial charge in [-0.3, -0.25) is 9.69 Å². The van der Waals surface area contributed by atoms with Gasteiger partial charge in [0.15, 0.2) is 0 Å². The zero-order chi connectivity index (χ0) is 20.0. The minimum atomic E-state index is -0.696. The number of likely N-dealkylation sites (tertiary alicyclic amines) is 1. The molecule has 1 aliphatic heterocycles. The fourth-order valence-electron chi connectivity index (χ4n) is 4.64. The molecule has 1 amide bonds. The maximum Gasteiger partial charge on any atom is 0.256 e. The second kappa shape index (κ2) is 9.75. The van der Waals surface area contributed by atoms with E-state index in [4.69, 9.17) is 9.47 Å². The second-order valence-corrected chi connectivity index (χ2v) is 8.61. The minimum absolute atomic E-state index is 0.0331. The number of carbonyl (C=O) groups excluding carboxylic acids is 1. The Bertz CT molecular complexity index is 633. The van der Waals surface area contributed by atoms with E-state index in [2.05, 4.69) is 24.1 Å². The molecule has 3 atom stereocenters. The average molecular weight is 389 g/mol. The molecule has 0 aromatic heterocycles. The highest BCUT2D eigenvalue weighted by atomic mass is 16.5. The zero-order valence-corrected chi connectivity index (χ0v) is 17.7. The van der Waals surface area contributed by atoms with E-state index in [0.29, 0.717) is 18.6 Å². The molecule has 1 N–H and O–H groups in total. The van der Waals surface area contributed by atoms with Crippen molar-refractivity contribution in [2.24, 2.45) is 5.92 Å². The van der Waals surface area contributed by atoms with Crippen molar-refractivity contribution in [1.29, 1.82) is 0 Å². The molecule has 1 aromatic carbocycles. The van der Waals surface area contributed by atoms with Gasteiger partial charge in [0.25, 0.3) is 5.91 Å². The van der Waals surface area contributed by atoms with E-state index in [0.717, 1.165) is 37.2 Å². The molecule has 0 bridgehead atoms. The Morgan fingerprint density at radius 3 is 2.64 bits per heavy atom. The van der Waals surface area contributed by atoms with E-state index < -0.39 is 5.60 Å². The van der Waals surface area contributed by atoms with Gasteiger partial charge in [0.05, 0.1) is 0 Å². The summed E-state index contributed by atoms with van der Waals surface area (Å²) in [7, 11) is 1.65. The summed E-state index contributed by atoms with van der Waals surface area (Å²) in [5.74, 6) is 1.32. The van der Waals surface area contributed by atoms with Crippen LogP contribution in [0.2, 0.25) is 0 Å². The SMILES string of the molecule is CO[C@]1(C(=O)Nc2ccc(OCCN3CCCC[C@H]3C)cc2)CCC[C@H](C)C1. The number of carbonyl (C=O) groups is 1. The van der Waals surface area contributed by atoms with Crippen molar-refractivity contribution in [3.05, 3.63) is 24.3 Å². The molecule has 2 aliphatic rings. The zero-order valence-electron chi connectivity index (χ0n) is 17.7. The topological polar surface area (TPSA) is 50.8 Å². The molecule has 1 aliphatic carbocycles. The lowest BCUT2D eigenvalue weighted by atomic mass is 9.78. The summed E-state index contributed by atoms with van der Waals surface area (Å²) >= 11 is 0. The summed E-state index contributed by atoms with van der Waals surface area (Å²) in [6, 6.07) is 8.33. The van der Waals surface area contributed by atoms with Crippen LogP contribution in [0.15, 0.2) is 24.3 Å². The van der Waals surface area contributed by atoms with E-state index in [1.165, 1.54) is 32.2 Å². The number of rotatable bonds is 7. The highest BCUT2D eigenvalue weighted by Gasteiger charge is 2.41. The van der Waals surface area contributed by atoms with Crippen LogP contribution in [0.1, 0.15) is 58.8 Å². The lowest BCUT2D eigenvalue weighted by Crippen LogP contribution is -2.47. The Balaban J connectivity index is 1.49. The monoisotopic (exact) mass is 388 g/mol. The summed E-state index contributed by atoms with van der Waals surface area (Å²) in [4.78, 5) is 15.4. The molecule has 28 heavy (non-hydrogen) atoms. The molecular formula is C23H36N2O3. The summed E-state index contributed by atoms with van der Waals surface area (Å²) in [6.45, 7) is 7.33. The van der Waals surface area contributed by atoms with Gasteiger partial charge in [-0.2, -0.15) is 0 Å². The van der Waals surface area contributed by atoms with E-state index >= 15 is 0 Å². The van der Waals surface area contributed by atoms with Crippen molar-refractivity contribution in [2.75, 3.05) is 32.1 Å². The van der Waals surface area contributed by atoms with Crippen LogP contribution in [-0.4, -0.2) is 49.3 Å². The van der Waals surface area contributed by atoms with Crippen LogP contribution in [0.4, 0.5) is 5.69 Å². The number of nitrogens with one attached hydrogen (secondary N) is 1. The fraction of sp³-hybridized carbons (Fsp3) is 0.696. The molecule has 5 nitrogen and oxygen atoms in total. The van der Waals surface area contributed by atoms with Gasteiger partial charge in [-0.25, -0.2) is 0 Å². The molecule has 1 saturated heterocycles. The van der Waals surface area contributed by atoms with Gasteiger partial charge in [0.2, 0.25) is 0 Å². The highest BCUT2D eigenvalue weighted by molar-refractivity contribution is 5.97. The predicted octanol–water partition coefficient (Wildman–Crippen LogP) is 4.47. The molecule has 1 heterocycles. The molecule has 3 rings (SSSR count). The molecule has 1 saturated carbocycles. The number of hydrogen-bond donors (Lipinski definition) is 1. The molecule has 156 valence electrons. The quantitative estimate of drug-likeness (QED) is 0.748. The van der Waals surface area contributed by atoms with Crippen LogP contribution in [0.5, 0.6) is 5.75 Å². The minimum Gasteiger partial charge on any atom is -0.492 e. The van der Waals surface area contributed by atoms with Crippen molar-refractivity contribution in [3.8, 4) is 5.75 Å². The fourth-order valence-corrected chi connectivity index (χ4v) is 4.64. The standard InChI is InChI=1S/C23H36N2O3/c1-18-7-6-13-23(17-18,27-3)22(26)24-20-9-11-21(12-10-20)28-16-15-25-14-5-4-8-19(25)2/h9-12,18-19H,4-8,13-17H2,1-3H3,(H,24,26)/t18-,19+,23+/m0/s1. The molecule has 5 heteroatoms. The van der Waals surface area contributed by atoms with E-state index in [1.54, 1.807) is 7.11 Å². The number of ether oxygens (including phenoxy) is 2. The van der Waals surface area contributed by atoms with Crippen LogP contribution in [0, 0.1) is 5.92 Å². The third-order valence-electron chi connectivity index (χ3n) is 6.46. The van der Waals surface area contributed by atoms with E-state index in [1.807, 2.05) is 24.3 Å². The van der Waals surface area contributed by atoms with Gasteiger partial charge in [-0.15, -0.1) is 0 Å². The van der Waals surface area contributed by atoms with Gasteiger partial charge >= 0.3 is 0 Å². The van der Waals surface area contributed by atoms with Crippen molar-refractivity contribution < 1.29 is 14.3 Å². The molecule has 0 radical (unpaired) electrons. The number of hydrogen-bond acceptors (Lipinski definition) is 4.